The van der Waals surface area contributed by atoms with Crippen molar-refractivity contribution in [3.05, 3.63) is 18.0 Å². The van der Waals surface area contributed by atoms with Gasteiger partial charge in [-0.3, -0.25) is 9.69 Å². The minimum atomic E-state index is 0.0401. The molecule has 2 rings (SSSR count). The van der Waals surface area contributed by atoms with Crippen LogP contribution in [0, 0.1) is 25.2 Å². The Labute approximate surface area is 158 Å². The molecule has 6 heteroatoms. The third-order valence-electron chi connectivity index (χ3n) is 3.32. The summed E-state index contributed by atoms with van der Waals surface area (Å²) in [6, 6.07) is 1.85. The molecule has 0 aromatic carbocycles. The van der Waals surface area contributed by atoms with Crippen LogP contribution in [-0.4, -0.2) is 48.4 Å². The minimum Gasteiger partial charge on any atom is -0.365 e. The number of terminal acetylenes is 1. The normalized spacial score (nSPS) is 15.2. The lowest BCUT2D eigenvalue weighted by molar-refractivity contribution is -0.124. The van der Waals surface area contributed by atoms with Gasteiger partial charge in [0.2, 0.25) is 5.91 Å². The maximum absolute atomic E-state index is 11.4. The number of hydrogen-bond donors (Lipinski definition) is 1. The third-order valence-corrected chi connectivity index (χ3v) is 3.32. The van der Waals surface area contributed by atoms with Gasteiger partial charge in [0.15, 0.2) is 0 Å². The van der Waals surface area contributed by atoms with Crippen LogP contribution in [0.5, 0.6) is 0 Å². The zero-order valence-electron chi connectivity index (χ0n) is 17.1. The Balaban J connectivity index is 0. The molecule has 0 saturated carbocycles. The summed E-state index contributed by atoms with van der Waals surface area (Å²) in [6.07, 6.45) is 10.3. The fourth-order valence-corrected chi connectivity index (χ4v) is 1.96. The first-order valence-corrected chi connectivity index (χ1v) is 9.14. The quantitative estimate of drug-likeness (QED) is 0.655. The molecule has 1 saturated heterocycles. The number of rotatable bonds is 4. The highest BCUT2D eigenvalue weighted by atomic mass is 16.5. The van der Waals surface area contributed by atoms with E-state index >= 15 is 0 Å². The van der Waals surface area contributed by atoms with Crippen molar-refractivity contribution in [2.75, 3.05) is 20.1 Å². The Bertz CT molecular complexity index is 493. The highest BCUT2D eigenvalue weighted by molar-refractivity contribution is 5.82. The topological polar surface area (TPSA) is 75.4 Å². The van der Waals surface area contributed by atoms with E-state index in [2.05, 4.69) is 25.8 Å². The number of carbonyl (C=O) groups excluding carboxylic acids is 2. The zero-order chi connectivity index (χ0) is 20.4. The summed E-state index contributed by atoms with van der Waals surface area (Å²) in [4.78, 5) is 23.0. The second kappa shape index (κ2) is 17.7. The average molecular weight is 366 g/mol. The molecule has 0 radical (unpaired) electrons. The van der Waals surface area contributed by atoms with Gasteiger partial charge in [-0.15, -0.1) is 6.42 Å². The SMILES string of the molecule is C#CCNC(=O)C1CCCN1C.CC.CC(C)CC=O.Cc1ccon1. The fourth-order valence-electron chi connectivity index (χ4n) is 1.96. The summed E-state index contributed by atoms with van der Waals surface area (Å²) in [6.45, 7) is 11.3. The van der Waals surface area contributed by atoms with Crippen LogP contribution in [0.1, 0.15) is 52.7 Å². The molecule has 2 heterocycles. The summed E-state index contributed by atoms with van der Waals surface area (Å²) >= 11 is 0. The van der Waals surface area contributed by atoms with E-state index in [1.54, 1.807) is 12.3 Å². The number of aromatic nitrogens is 1. The number of likely N-dealkylation sites (tertiary alicyclic amines) is 1. The van der Waals surface area contributed by atoms with Crippen molar-refractivity contribution in [2.45, 2.75) is 59.9 Å². The van der Waals surface area contributed by atoms with E-state index < -0.39 is 0 Å². The lowest BCUT2D eigenvalue weighted by atomic mass is 10.2. The smallest absolute Gasteiger partial charge is 0.238 e. The van der Waals surface area contributed by atoms with Gasteiger partial charge in [-0.2, -0.15) is 0 Å². The van der Waals surface area contributed by atoms with Gasteiger partial charge in [-0.25, -0.2) is 0 Å². The second-order valence-corrected chi connectivity index (χ2v) is 6.00. The molecule has 1 unspecified atom stereocenters. The molecule has 0 bridgehead atoms. The van der Waals surface area contributed by atoms with Crippen molar-refractivity contribution in [3.8, 4) is 12.3 Å². The maximum atomic E-state index is 11.4. The molecular formula is C20H35N3O3. The van der Waals surface area contributed by atoms with Crippen LogP contribution in [-0.2, 0) is 9.59 Å². The third kappa shape index (κ3) is 14.2. The van der Waals surface area contributed by atoms with Gasteiger partial charge in [-0.05, 0) is 39.3 Å². The fraction of sp³-hybridized carbons (Fsp3) is 0.650. The van der Waals surface area contributed by atoms with Gasteiger partial charge in [0, 0.05) is 12.5 Å². The lowest BCUT2D eigenvalue weighted by Gasteiger charge is -2.17. The van der Waals surface area contributed by atoms with E-state index in [9.17, 15) is 9.59 Å². The molecular weight excluding hydrogens is 330 g/mol. The summed E-state index contributed by atoms with van der Waals surface area (Å²) in [5.74, 6) is 2.98. The molecule has 1 aliphatic rings. The van der Waals surface area contributed by atoms with E-state index in [0.717, 1.165) is 31.4 Å². The van der Waals surface area contributed by atoms with Crippen molar-refractivity contribution < 1.29 is 14.1 Å². The molecule has 148 valence electrons. The second-order valence-electron chi connectivity index (χ2n) is 6.00. The Morgan fingerprint density at radius 2 is 2.19 bits per heavy atom. The lowest BCUT2D eigenvalue weighted by Crippen LogP contribution is -2.41. The van der Waals surface area contributed by atoms with Crippen molar-refractivity contribution in [2.24, 2.45) is 5.92 Å². The van der Waals surface area contributed by atoms with Crippen molar-refractivity contribution in [1.29, 1.82) is 0 Å². The predicted octanol–water partition coefficient (Wildman–Crippen LogP) is 3.07. The van der Waals surface area contributed by atoms with Gasteiger partial charge < -0.3 is 14.6 Å². The zero-order valence-corrected chi connectivity index (χ0v) is 17.1. The van der Waals surface area contributed by atoms with E-state index in [-0.39, 0.29) is 11.9 Å². The van der Waals surface area contributed by atoms with Crippen LogP contribution in [0.3, 0.4) is 0 Å². The Kier molecular flexibility index (Phi) is 17.8. The molecule has 0 aliphatic carbocycles. The van der Waals surface area contributed by atoms with Gasteiger partial charge in [0.05, 0.1) is 18.3 Å². The van der Waals surface area contributed by atoms with Gasteiger partial charge in [0.1, 0.15) is 12.5 Å². The Morgan fingerprint density at radius 1 is 1.54 bits per heavy atom. The van der Waals surface area contributed by atoms with Gasteiger partial charge in [0.25, 0.3) is 0 Å². The number of aldehydes is 1. The van der Waals surface area contributed by atoms with Crippen LogP contribution in [0.15, 0.2) is 16.9 Å². The summed E-state index contributed by atoms with van der Waals surface area (Å²) in [5, 5.41) is 6.23. The van der Waals surface area contributed by atoms with Crippen LogP contribution in [0.2, 0.25) is 0 Å². The Hall–Kier alpha value is -2.13. The Morgan fingerprint density at radius 3 is 2.46 bits per heavy atom. The van der Waals surface area contributed by atoms with Gasteiger partial charge >= 0.3 is 0 Å². The van der Waals surface area contributed by atoms with Crippen LogP contribution in [0.25, 0.3) is 0 Å². The number of aryl methyl sites for hydroxylation is 1. The van der Waals surface area contributed by atoms with Gasteiger partial charge in [-0.1, -0.05) is 38.8 Å². The van der Waals surface area contributed by atoms with E-state index in [0.29, 0.717) is 18.9 Å². The first-order chi connectivity index (χ1) is 12.4. The standard InChI is InChI=1S/C9H14N2O.C5H10O.C4H5NO.C2H6/c1-3-6-10-9(12)8-5-4-7-11(8)2;1-5(2)3-4-6;1-4-2-3-6-5-4;1-2/h1,8H,4-7H2,2H3,(H,10,12);4-5H,3H2,1-2H3;2-3H,1H3;1-2H3. The molecule has 1 atom stereocenters. The molecule has 6 nitrogen and oxygen atoms in total. The molecule has 0 spiro atoms. The monoisotopic (exact) mass is 365 g/mol. The van der Waals surface area contributed by atoms with Crippen molar-refractivity contribution in [1.82, 2.24) is 15.4 Å². The maximum Gasteiger partial charge on any atom is 0.238 e. The van der Waals surface area contributed by atoms with E-state index in [1.165, 1.54) is 0 Å². The minimum absolute atomic E-state index is 0.0401. The number of nitrogens with one attached hydrogen (secondary N) is 1. The first-order valence-electron chi connectivity index (χ1n) is 9.14. The first kappa shape index (κ1) is 26.1. The van der Waals surface area contributed by atoms with Crippen molar-refractivity contribution >= 4 is 12.2 Å². The molecule has 1 fully saturated rings. The molecule has 1 aliphatic heterocycles. The predicted molar refractivity (Wildman–Crippen MR) is 106 cm³/mol. The highest BCUT2D eigenvalue weighted by Crippen LogP contribution is 2.14. The van der Waals surface area contributed by atoms with Crippen LogP contribution >= 0.6 is 0 Å². The largest absolute Gasteiger partial charge is 0.365 e. The molecule has 1 N–H and O–H groups in total. The molecule has 1 aromatic rings. The molecule has 1 aromatic heterocycles. The molecule has 26 heavy (non-hydrogen) atoms. The number of hydrogen-bond acceptors (Lipinski definition) is 5. The number of likely N-dealkylation sites (N-methyl/N-ethyl adjacent to an activating group) is 1. The number of nitrogens with zero attached hydrogens (tertiary/aromatic N) is 2. The summed E-state index contributed by atoms with van der Waals surface area (Å²) in [7, 11) is 1.97. The molecule has 1 amide bonds. The van der Waals surface area contributed by atoms with E-state index in [4.69, 9.17) is 6.42 Å². The van der Waals surface area contributed by atoms with Crippen LogP contribution in [0.4, 0.5) is 0 Å². The highest BCUT2D eigenvalue weighted by Gasteiger charge is 2.26. The summed E-state index contributed by atoms with van der Waals surface area (Å²) in [5.41, 5.74) is 0.926. The number of amides is 1. The summed E-state index contributed by atoms with van der Waals surface area (Å²) < 4.78 is 4.46. The van der Waals surface area contributed by atoms with Crippen LogP contribution < -0.4 is 5.32 Å². The number of carbonyl (C=O) groups is 2. The average Bonchev–Trinajstić information content (AvgIpc) is 3.26. The van der Waals surface area contributed by atoms with Crippen molar-refractivity contribution in [3.63, 3.8) is 0 Å². The van der Waals surface area contributed by atoms with E-state index in [1.807, 2.05) is 41.7 Å².